The van der Waals surface area contributed by atoms with E-state index in [2.05, 4.69) is 79.6 Å². The highest BCUT2D eigenvalue weighted by Crippen LogP contribution is 2.38. The van der Waals surface area contributed by atoms with Crippen molar-refractivity contribution in [2.24, 2.45) is 11.3 Å². The van der Waals surface area contributed by atoms with Crippen LogP contribution in [0.25, 0.3) is 0 Å². The number of esters is 2. The van der Waals surface area contributed by atoms with Crippen molar-refractivity contribution in [3.63, 3.8) is 0 Å². The van der Waals surface area contributed by atoms with E-state index in [0.29, 0.717) is 6.42 Å². The molecule has 0 aromatic rings. The van der Waals surface area contributed by atoms with E-state index in [1.54, 1.807) is 6.92 Å². The van der Waals surface area contributed by atoms with Crippen LogP contribution in [0.4, 0.5) is 0 Å². The molecule has 0 radical (unpaired) electrons. The van der Waals surface area contributed by atoms with Crippen LogP contribution in [0.5, 0.6) is 0 Å². The normalized spacial score (nSPS) is 21.9. The third kappa shape index (κ3) is 8.38. The number of ether oxygens (including phenoxy) is 2. The van der Waals surface area contributed by atoms with Crippen LogP contribution < -0.4 is 5.32 Å². The first-order chi connectivity index (χ1) is 13.8. The molecule has 0 bridgehead atoms. The number of carbonyl (C=O) groups is 2. The largest absolute Gasteiger partial charge is 0.462 e. The molecule has 31 heavy (non-hydrogen) atoms. The lowest BCUT2D eigenvalue weighted by Gasteiger charge is -2.53. The quantitative estimate of drug-likeness (QED) is 0.441. The smallest absolute Gasteiger partial charge is 0.320 e. The van der Waals surface area contributed by atoms with Crippen molar-refractivity contribution in [3.05, 3.63) is 0 Å². The average Bonchev–Trinajstić information content (AvgIpc) is 2.56. The summed E-state index contributed by atoms with van der Waals surface area (Å²) in [7, 11) is 4.01. The van der Waals surface area contributed by atoms with Crippen molar-refractivity contribution in [2.45, 2.75) is 124 Å². The van der Waals surface area contributed by atoms with E-state index in [-0.39, 0.29) is 34.2 Å². The molecule has 6 nitrogen and oxygen atoms in total. The monoisotopic (exact) mass is 440 g/mol. The van der Waals surface area contributed by atoms with Gasteiger partial charge in [-0.05, 0) is 74.4 Å². The molecule has 1 rings (SSSR count). The zero-order valence-electron chi connectivity index (χ0n) is 22.1. The molecule has 0 aliphatic carbocycles. The number of rotatable bonds is 8. The first-order valence-electron chi connectivity index (χ1n) is 11.6. The fourth-order valence-corrected chi connectivity index (χ4v) is 4.50. The van der Waals surface area contributed by atoms with E-state index in [1.165, 1.54) is 0 Å². The molecule has 1 saturated heterocycles. The molecule has 0 amide bonds. The molecule has 2 atom stereocenters. The Balaban J connectivity index is 2.82. The molecule has 1 N–H and O–H groups in total. The molecule has 0 aromatic heterocycles. The van der Waals surface area contributed by atoms with Crippen molar-refractivity contribution in [1.29, 1.82) is 0 Å². The summed E-state index contributed by atoms with van der Waals surface area (Å²) < 4.78 is 11.7. The summed E-state index contributed by atoms with van der Waals surface area (Å²) in [5, 5.41) is 3.27. The molecule has 1 fully saturated rings. The minimum Gasteiger partial charge on any atom is -0.462 e. The van der Waals surface area contributed by atoms with Gasteiger partial charge < -0.3 is 14.8 Å². The summed E-state index contributed by atoms with van der Waals surface area (Å²) in [6, 6.07) is 0. The lowest BCUT2D eigenvalue weighted by atomic mass is 9.78. The number of piperidine rings is 1. The second-order valence-electron chi connectivity index (χ2n) is 12.5. The van der Waals surface area contributed by atoms with E-state index in [9.17, 15) is 9.59 Å². The maximum atomic E-state index is 12.9. The fourth-order valence-electron chi connectivity index (χ4n) is 4.50. The van der Waals surface area contributed by atoms with Crippen molar-refractivity contribution < 1.29 is 19.1 Å². The minimum absolute atomic E-state index is 0.00377. The first kappa shape index (κ1) is 27.9. The molecule has 1 heterocycles. The molecule has 6 heteroatoms. The van der Waals surface area contributed by atoms with Gasteiger partial charge in [0.05, 0.1) is 0 Å². The maximum absolute atomic E-state index is 12.9. The molecular formula is C25H48N2O4. The van der Waals surface area contributed by atoms with Gasteiger partial charge in [0.25, 0.3) is 0 Å². The second-order valence-corrected chi connectivity index (χ2v) is 12.5. The van der Waals surface area contributed by atoms with Gasteiger partial charge in [-0.15, -0.1) is 0 Å². The van der Waals surface area contributed by atoms with Crippen LogP contribution in [0, 0.1) is 11.3 Å². The highest BCUT2D eigenvalue weighted by molar-refractivity contribution is 5.94. The molecular weight excluding hydrogens is 392 g/mol. The van der Waals surface area contributed by atoms with Crippen LogP contribution in [0.1, 0.15) is 94.9 Å². The van der Waals surface area contributed by atoms with Gasteiger partial charge >= 0.3 is 11.9 Å². The zero-order valence-corrected chi connectivity index (χ0v) is 22.1. The predicted molar refractivity (Wildman–Crippen MR) is 126 cm³/mol. The SMILES string of the molecule is CNC(C)(C)CC(CC(C)(C)C)OC(=O)C(C)C(=O)OC1CC(C)(C)N(C)C(C)(C)C1. The molecule has 1 aliphatic heterocycles. The summed E-state index contributed by atoms with van der Waals surface area (Å²) in [5.41, 5.74) is -0.352. The lowest BCUT2D eigenvalue weighted by Crippen LogP contribution is -2.60. The van der Waals surface area contributed by atoms with E-state index in [0.717, 1.165) is 19.3 Å². The standard InChI is InChI=1S/C25H48N2O4/c1-17(20(28)30-18(13-22(2,3)4)14-23(5,6)26-11)21(29)31-19-15-24(7,8)27(12)25(9,10)16-19/h17-19,26H,13-16H2,1-12H3. The zero-order chi connectivity index (χ0) is 24.4. The van der Waals surface area contributed by atoms with Crippen LogP contribution in [0.3, 0.4) is 0 Å². The van der Waals surface area contributed by atoms with Crippen molar-refractivity contribution >= 4 is 11.9 Å². The Morgan fingerprint density at radius 2 is 1.48 bits per heavy atom. The summed E-state index contributed by atoms with van der Waals surface area (Å²) in [6.07, 6.45) is 2.39. The number of carbonyl (C=O) groups excluding carboxylic acids is 2. The van der Waals surface area contributed by atoms with Gasteiger partial charge in [-0.2, -0.15) is 0 Å². The molecule has 182 valence electrons. The topological polar surface area (TPSA) is 67.9 Å². The van der Waals surface area contributed by atoms with Crippen LogP contribution in [-0.2, 0) is 19.1 Å². The van der Waals surface area contributed by atoms with Crippen molar-refractivity contribution in [3.8, 4) is 0 Å². The Kier molecular flexibility index (Phi) is 8.80. The third-order valence-corrected chi connectivity index (χ3v) is 6.80. The summed E-state index contributed by atoms with van der Waals surface area (Å²) >= 11 is 0. The fraction of sp³-hybridized carbons (Fsp3) is 0.920. The number of hydrogen-bond donors (Lipinski definition) is 1. The lowest BCUT2D eigenvalue weighted by molar-refractivity contribution is -0.173. The molecule has 0 saturated carbocycles. The van der Waals surface area contributed by atoms with E-state index >= 15 is 0 Å². The Morgan fingerprint density at radius 3 is 1.90 bits per heavy atom. The Morgan fingerprint density at radius 1 is 1.00 bits per heavy atom. The van der Waals surface area contributed by atoms with Gasteiger partial charge in [0.15, 0.2) is 5.92 Å². The van der Waals surface area contributed by atoms with Gasteiger partial charge in [0.2, 0.25) is 0 Å². The number of nitrogens with zero attached hydrogens (tertiary/aromatic N) is 1. The number of hydrogen-bond acceptors (Lipinski definition) is 6. The average molecular weight is 441 g/mol. The second kappa shape index (κ2) is 9.78. The Labute approximate surface area is 190 Å². The van der Waals surface area contributed by atoms with Gasteiger partial charge in [0.1, 0.15) is 12.2 Å². The number of nitrogens with one attached hydrogen (secondary N) is 1. The van der Waals surface area contributed by atoms with Crippen molar-refractivity contribution in [1.82, 2.24) is 10.2 Å². The maximum Gasteiger partial charge on any atom is 0.320 e. The predicted octanol–water partition coefficient (Wildman–Crippen LogP) is 4.55. The van der Waals surface area contributed by atoms with Gasteiger partial charge in [-0.25, -0.2) is 0 Å². The van der Waals surface area contributed by atoms with Crippen LogP contribution in [0.15, 0.2) is 0 Å². The van der Waals surface area contributed by atoms with Gasteiger partial charge in [-0.3, -0.25) is 14.5 Å². The van der Waals surface area contributed by atoms with Crippen LogP contribution in [0.2, 0.25) is 0 Å². The minimum atomic E-state index is -0.939. The molecule has 0 aromatic carbocycles. The summed E-state index contributed by atoms with van der Waals surface area (Å²) in [6.45, 7) is 20.8. The number of likely N-dealkylation sites (tertiary alicyclic amines) is 1. The van der Waals surface area contributed by atoms with Crippen LogP contribution >= 0.6 is 0 Å². The van der Waals surface area contributed by atoms with E-state index < -0.39 is 17.9 Å². The van der Waals surface area contributed by atoms with Gasteiger partial charge in [0, 0.05) is 35.9 Å². The first-order valence-corrected chi connectivity index (χ1v) is 11.6. The van der Waals surface area contributed by atoms with E-state index in [4.69, 9.17) is 9.47 Å². The third-order valence-electron chi connectivity index (χ3n) is 6.80. The van der Waals surface area contributed by atoms with Crippen molar-refractivity contribution in [2.75, 3.05) is 14.1 Å². The van der Waals surface area contributed by atoms with Gasteiger partial charge in [-0.1, -0.05) is 20.8 Å². The van der Waals surface area contributed by atoms with Crippen LogP contribution in [-0.4, -0.2) is 59.8 Å². The molecule has 1 aliphatic rings. The highest BCUT2D eigenvalue weighted by atomic mass is 16.6. The molecule has 2 unspecified atom stereocenters. The Bertz CT molecular complexity index is 616. The molecule has 0 spiro atoms. The summed E-state index contributed by atoms with van der Waals surface area (Å²) in [5.74, 6) is -1.93. The van der Waals surface area contributed by atoms with E-state index in [1.807, 2.05) is 7.05 Å². The Hall–Kier alpha value is -1.14. The highest BCUT2D eigenvalue weighted by Gasteiger charge is 2.45. The summed E-state index contributed by atoms with van der Waals surface area (Å²) in [4.78, 5) is 28.0.